The average molecular weight is 472 g/mol. The summed E-state index contributed by atoms with van der Waals surface area (Å²) >= 11 is 6.41. The van der Waals surface area contributed by atoms with E-state index in [9.17, 15) is 0 Å². The highest BCUT2D eigenvalue weighted by atomic mass is 35.5. The number of rotatable bonds is 6. The molecule has 1 aromatic carbocycles. The lowest BCUT2D eigenvalue weighted by molar-refractivity contribution is 0.396. The number of nitrogens with zero attached hydrogens (tertiary/aromatic N) is 6. The lowest BCUT2D eigenvalue weighted by Crippen LogP contribution is -2.04. The van der Waals surface area contributed by atoms with Crippen molar-refractivity contribution in [2.75, 3.05) is 12.4 Å². The number of imidazole rings is 2. The number of anilines is 2. The highest BCUT2D eigenvalue weighted by molar-refractivity contribution is 6.33. The second-order valence-electron chi connectivity index (χ2n) is 7.87. The maximum Gasteiger partial charge on any atom is 0.240 e. The maximum absolute atomic E-state index is 6.41. The Kier molecular flexibility index (Phi) is 5.51. The average Bonchev–Trinajstić information content (AvgIpc) is 3.45. The molecule has 0 radical (unpaired) electrons. The second-order valence-corrected chi connectivity index (χ2v) is 8.28. The normalized spacial score (nSPS) is 11.1. The number of fused-ring (bicyclic) bond motifs is 1. The van der Waals surface area contributed by atoms with Crippen molar-refractivity contribution >= 4 is 34.3 Å². The number of methoxy groups -OCH3 is 1. The van der Waals surface area contributed by atoms with Gasteiger partial charge in [-0.1, -0.05) is 36.4 Å². The Morgan fingerprint density at radius 3 is 2.65 bits per heavy atom. The summed E-state index contributed by atoms with van der Waals surface area (Å²) in [5, 5.41) is 8.65. The van der Waals surface area contributed by atoms with Crippen LogP contribution in [0.5, 0.6) is 5.88 Å². The van der Waals surface area contributed by atoms with Crippen LogP contribution in [-0.4, -0.2) is 36.2 Å². The van der Waals surface area contributed by atoms with Crippen molar-refractivity contribution in [2.45, 2.75) is 13.8 Å². The quantitative estimate of drug-likeness (QED) is 0.341. The molecule has 4 heterocycles. The third-order valence-corrected chi connectivity index (χ3v) is 5.63. The van der Waals surface area contributed by atoms with Crippen molar-refractivity contribution in [2.24, 2.45) is 0 Å². The fourth-order valence-corrected chi connectivity index (χ4v) is 3.85. The highest BCUT2D eigenvalue weighted by Gasteiger charge is 2.15. The zero-order valence-electron chi connectivity index (χ0n) is 19.0. The van der Waals surface area contributed by atoms with Crippen LogP contribution < -0.4 is 10.1 Å². The van der Waals surface area contributed by atoms with Gasteiger partial charge in [-0.3, -0.25) is 0 Å². The third kappa shape index (κ3) is 3.99. The van der Waals surface area contributed by atoms with Crippen molar-refractivity contribution in [3.05, 3.63) is 84.2 Å². The Balaban J connectivity index is 1.59. The summed E-state index contributed by atoms with van der Waals surface area (Å²) < 4.78 is 9.15. The fraction of sp³-hybridized carbons (Fsp3) is 0.120. The van der Waals surface area contributed by atoms with E-state index >= 15 is 0 Å². The Labute approximate surface area is 201 Å². The standard InChI is InChI=1S/C25H22ClN7O/c1-15(2)19-11-20(24-29-21(13-33(24)31-19)17-7-5-6-8-18(17)26)28-23-10-9-22(25(30-23)34-4)32-12-16(3)27-14-32/h5-14H,1H2,2-4H3,(H,28,30). The summed E-state index contributed by atoms with van der Waals surface area (Å²) in [7, 11) is 1.59. The van der Waals surface area contributed by atoms with Gasteiger partial charge in [-0.25, -0.2) is 14.5 Å². The van der Waals surface area contributed by atoms with Gasteiger partial charge >= 0.3 is 0 Å². The lowest BCUT2D eigenvalue weighted by atomic mass is 10.2. The minimum Gasteiger partial charge on any atom is -0.479 e. The molecule has 5 aromatic rings. The summed E-state index contributed by atoms with van der Waals surface area (Å²) in [5.74, 6) is 1.06. The molecular weight excluding hydrogens is 450 g/mol. The minimum absolute atomic E-state index is 0.465. The molecule has 0 unspecified atom stereocenters. The lowest BCUT2D eigenvalue weighted by Gasteiger charge is -2.12. The van der Waals surface area contributed by atoms with Gasteiger partial charge in [-0.05, 0) is 43.7 Å². The number of nitrogens with one attached hydrogen (secondary N) is 1. The van der Waals surface area contributed by atoms with Gasteiger partial charge < -0.3 is 14.6 Å². The number of hydrogen-bond donors (Lipinski definition) is 1. The molecule has 0 spiro atoms. The number of benzene rings is 1. The van der Waals surface area contributed by atoms with Crippen LogP contribution >= 0.6 is 11.6 Å². The van der Waals surface area contributed by atoms with Crippen LogP contribution in [0.2, 0.25) is 5.02 Å². The van der Waals surface area contributed by atoms with E-state index in [0.717, 1.165) is 39.6 Å². The number of ether oxygens (including phenoxy) is 1. The first-order valence-electron chi connectivity index (χ1n) is 10.6. The van der Waals surface area contributed by atoms with Gasteiger partial charge in [-0.2, -0.15) is 10.1 Å². The van der Waals surface area contributed by atoms with Crippen LogP contribution in [0.4, 0.5) is 11.5 Å². The topological polar surface area (TPSA) is 82.2 Å². The monoisotopic (exact) mass is 471 g/mol. The minimum atomic E-state index is 0.465. The van der Waals surface area contributed by atoms with Gasteiger partial charge in [0.2, 0.25) is 5.88 Å². The second kappa shape index (κ2) is 8.64. The molecule has 0 saturated carbocycles. The van der Waals surface area contributed by atoms with Crippen molar-refractivity contribution < 1.29 is 4.74 Å². The molecular formula is C25H22ClN7O. The summed E-state index contributed by atoms with van der Waals surface area (Å²) in [6.45, 7) is 7.89. The summed E-state index contributed by atoms with van der Waals surface area (Å²) in [6.07, 6.45) is 5.50. The van der Waals surface area contributed by atoms with Crippen LogP contribution in [0.25, 0.3) is 28.2 Å². The molecule has 170 valence electrons. The van der Waals surface area contributed by atoms with Crippen molar-refractivity contribution in [3.63, 3.8) is 0 Å². The van der Waals surface area contributed by atoms with Crippen LogP contribution in [0.1, 0.15) is 18.3 Å². The molecule has 0 amide bonds. The van der Waals surface area contributed by atoms with Gasteiger partial charge in [0.25, 0.3) is 0 Å². The first-order chi connectivity index (χ1) is 16.4. The molecule has 1 N–H and O–H groups in total. The molecule has 34 heavy (non-hydrogen) atoms. The largest absolute Gasteiger partial charge is 0.479 e. The Morgan fingerprint density at radius 2 is 1.94 bits per heavy atom. The molecule has 0 bridgehead atoms. The zero-order chi connectivity index (χ0) is 23.8. The molecule has 0 aliphatic heterocycles. The predicted molar refractivity (Wildman–Crippen MR) is 134 cm³/mol. The van der Waals surface area contributed by atoms with Crippen LogP contribution in [0.3, 0.4) is 0 Å². The van der Waals surface area contributed by atoms with Gasteiger partial charge in [-0.15, -0.1) is 0 Å². The maximum atomic E-state index is 6.41. The SMILES string of the molecule is C=C(C)c1cc(Nc2ccc(-n3cnc(C)c3)c(OC)n2)c2nc(-c3ccccc3Cl)cn2n1. The first kappa shape index (κ1) is 21.7. The zero-order valence-corrected chi connectivity index (χ0v) is 19.7. The van der Waals surface area contributed by atoms with E-state index < -0.39 is 0 Å². The number of allylic oxidation sites excluding steroid dienone is 1. The molecule has 0 aliphatic carbocycles. The summed E-state index contributed by atoms with van der Waals surface area (Å²) in [6, 6.07) is 13.3. The predicted octanol–water partition coefficient (Wildman–Crippen LogP) is 5.72. The number of aryl methyl sites for hydroxylation is 1. The summed E-state index contributed by atoms with van der Waals surface area (Å²) in [4.78, 5) is 13.7. The number of hydrogen-bond acceptors (Lipinski definition) is 6. The number of pyridine rings is 1. The van der Waals surface area contributed by atoms with Gasteiger partial charge in [0.15, 0.2) is 5.65 Å². The van der Waals surface area contributed by atoms with Crippen LogP contribution in [0, 0.1) is 6.92 Å². The van der Waals surface area contributed by atoms with Crippen molar-refractivity contribution in [1.29, 1.82) is 0 Å². The van der Waals surface area contributed by atoms with E-state index in [0.29, 0.717) is 22.4 Å². The molecule has 4 aromatic heterocycles. The van der Waals surface area contributed by atoms with E-state index in [4.69, 9.17) is 21.3 Å². The van der Waals surface area contributed by atoms with E-state index in [-0.39, 0.29) is 0 Å². The molecule has 0 saturated heterocycles. The van der Waals surface area contributed by atoms with Gasteiger partial charge in [0.1, 0.15) is 11.5 Å². The Bertz CT molecular complexity index is 1540. The van der Waals surface area contributed by atoms with E-state index in [1.165, 1.54) is 0 Å². The fourth-order valence-electron chi connectivity index (χ4n) is 3.62. The molecule has 8 nitrogen and oxygen atoms in total. The smallest absolute Gasteiger partial charge is 0.240 e. The molecule has 0 aliphatic rings. The van der Waals surface area contributed by atoms with Gasteiger partial charge in [0, 0.05) is 11.8 Å². The molecule has 9 heteroatoms. The highest BCUT2D eigenvalue weighted by Crippen LogP contribution is 2.31. The Hall–Kier alpha value is -4.17. The third-order valence-electron chi connectivity index (χ3n) is 5.30. The van der Waals surface area contributed by atoms with Gasteiger partial charge in [0.05, 0.1) is 47.4 Å². The molecule has 0 atom stereocenters. The Morgan fingerprint density at radius 1 is 1.12 bits per heavy atom. The van der Waals surface area contributed by atoms with Crippen LogP contribution in [-0.2, 0) is 0 Å². The summed E-state index contributed by atoms with van der Waals surface area (Å²) in [5.41, 5.74) is 6.17. The van der Waals surface area contributed by atoms with Crippen molar-refractivity contribution in [3.8, 4) is 22.8 Å². The molecule has 5 rings (SSSR count). The number of aromatic nitrogens is 6. The molecule has 0 fully saturated rings. The first-order valence-corrected chi connectivity index (χ1v) is 10.9. The van der Waals surface area contributed by atoms with E-state index in [2.05, 4.69) is 27.0 Å². The van der Waals surface area contributed by atoms with E-state index in [1.807, 2.05) is 73.3 Å². The van der Waals surface area contributed by atoms with Crippen LogP contribution in [0.15, 0.2) is 67.8 Å². The van der Waals surface area contributed by atoms with Crippen molar-refractivity contribution in [1.82, 2.24) is 29.1 Å². The number of halogens is 1. The van der Waals surface area contributed by atoms with E-state index in [1.54, 1.807) is 18.0 Å².